The fraction of sp³-hybridized carbons (Fsp3) is 0.238. The van der Waals surface area contributed by atoms with Crippen molar-refractivity contribution in [3.8, 4) is 5.75 Å². The van der Waals surface area contributed by atoms with Crippen LogP contribution in [0, 0.1) is 23.7 Å². The molecule has 1 N–H and O–H groups in total. The molecule has 1 heterocycles. The number of Topliss-reactive ketones (excluding diaryl/α,β-unsaturated/α-hetero) is 1. The number of carbonyl (C=O) groups excluding carboxylic acids is 4. The molecule has 1 saturated carbocycles. The quantitative estimate of drug-likeness (QED) is 0.175. The van der Waals surface area contributed by atoms with Gasteiger partial charge in [-0.25, -0.2) is 0 Å². The van der Waals surface area contributed by atoms with Crippen LogP contribution in [0.4, 0.5) is 5.69 Å². The van der Waals surface area contributed by atoms with Crippen molar-refractivity contribution in [2.75, 3.05) is 4.90 Å². The molecule has 1 aliphatic heterocycles. The second kappa shape index (κ2) is 11.8. The Morgan fingerprint density at radius 3 is 2.22 bits per heavy atom. The van der Waals surface area contributed by atoms with Crippen molar-refractivity contribution in [2.45, 2.75) is 37.5 Å². The molecule has 1 saturated heterocycles. The van der Waals surface area contributed by atoms with Crippen LogP contribution in [0.5, 0.6) is 5.75 Å². The minimum absolute atomic E-state index is 0.0586. The van der Waals surface area contributed by atoms with Crippen LogP contribution in [-0.4, -0.2) is 28.5 Å². The topological polar surface area (TPSA) is 91.8 Å². The van der Waals surface area contributed by atoms with E-state index in [-0.39, 0.29) is 35.6 Å². The molecule has 4 aromatic carbocycles. The monoisotopic (exact) mass is 667 g/mol. The Morgan fingerprint density at radius 2 is 1.53 bits per heavy atom. The summed E-state index contributed by atoms with van der Waals surface area (Å²) in [5.74, 6) is -4.67. The van der Waals surface area contributed by atoms with E-state index in [9.17, 15) is 19.5 Å². The average Bonchev–Trinajstić information content (AvgIpc) is 3.39. The molecule has 0 bridgehead atoms. The van der Waals surface area contributed by atoms with Crippen LogP contribution in [0.3, 0.4) is 0 Å². The molecular formula is C42H34ClNO5. The van der Waals surface area contributed by atoms with E-state index in [1.54, 1.807) is 12.1 Å². The number of phenols is 1. The number of nitrogens with zero attached hydrogens (tertiary/aromatic N) is 1. The van der Waals surface area contributed by atoms with Crippen LogP contribution < -0.4 is 4.90 Å². The minimum Gasteiger partial charge on any atom is -0.508 e. The standard InChI is InChI=1S/C42H34ClNO5/c1-2-24-13-16-28(17-14-24)44-40(48)30-19-18-29-32(37(30)41(44)49)22-34-39(47)31(25-9-5-3-6-10-25)23-36(46)42(34,26-11-7-4-8-12-26)38(29)33-21-27(43)15-20-35(33)45/h3-18,20-21,23,30,32,34,37-38,45H,2,19,22H2,1H3. The van der Waals surface area contributed by atoms with Crippen LogP contribution in [-0.2, 0) is 31.0 Å². The molecule has 2 amide bonds. The Balaban J connectivity index is 1.35. The first kappa shape index (κ1) is 31.2. The van der Waals surface area contributed by atoms with Crippen molar-refractivity contribution in [2.24, 2.45) is 23.7 Å². The van der Waals surface area contributed by atoms with E-state index >= 15 is 4.79 Å². The molecule has 6 atom stereocenters. The first-order chi connectivity index (χ1) is 23.7. The summed E-state index contributed by atoms with van der Waals surface area (Å²) in [5, 5.41) is 11.9. The zero-order valence-corrected chi connectivity index (χ0v) is 27.6. The largest absolute Gasteiger partial charge is 0.508 e. The van der Waals surface area contributed by atoms with Gasteiger partial charge in [0, 0.05) is 28.0 Å². The number of fused-ring (bicyclic) bond motifs is 4. The van der Waals surface area contributed by atoms with Gasteiger partial charge in [-0.2, -0.15) is 0 Å². The Kier molecular flexibility index (Phi) is 7.53. The summed E-state index contributed by atoms with van der Waals surface area (Å²) in [7, 11) is 0. The van der Waals surface area contributed by atoms with Crippen LogP contribution >= 0.6 is 11.6 Å². The predicted molar refractivity (Wildman–Crippen MR) is 188 cm³/mol. The van der Waals surface area contributed by atoms with E-state index in [1.807, 2.05) is 97.9 Å². The summed E-state index contributed by atoms with van der Waals surface area (Å²) in [4.78, 5) is 59.9. The fourth-order valence-corrected chi connectivity index (χ4v) is 9.29. The molecule has 244 valence electrons. The maximum Gasteiger partial charge on any atom is 0.238 e. The Bertz CT molecular complexity index is 2090. The number of imide groups is 1. The number of ketones is 2. The average molecular weight is 668 g/mol. The number of benzene rings is 4. The normalized spacial score (nSPS) is 27.6. The molecule has 6 unspecified atom stereocenters. The molecule has 2 fully saturated rings. The number of hydrogen-bond acceptors (Lipinski definition) is 5. The second-order valence-electron chi connectivity index (χ2n) is 13.5. The van der Waals surface area contributed by atoms with Gasteiger partial charge in [0.05, 0.1) is 22.9 Å². The van der Waals surface area contributed by atoms with E-state index < -0.39 is 35.0 Å². The summed E-state index contributed by atoms with van der Waals surface area (Å²) in [5.41, 5.74) is 3.00. The van der Waals surface area contributed by atoms with Gasteiger partial charge in [0.25, 0.3) is 0 Å². The zero-order chi connectivity index (χ0) is 34.0. The van der Waals surface area contributed by atoms with Gasteiger partial charge < -0.3 is 5.11 Å². The Hall–Kier alpha value is -5.07. The van der Waals surface area contributed by atoms with Crippen LogP contribution in [0.2, 0.25) is 5.02 Å². The van der Waals surface area contributed by atoms with Gasteiger partial charge in [0.15, 0.2) is 11.6 Å². The Morgan fingerprint density at radius 1 is 0.837 bits per heavy atom. The molecular weight excluding hydrogens is 634 g/mol. The lowest BCUT2D eigenvalue weighted by molar-refractivity contribution is -0.135. The van der Waals surface area contributed by atoms with E-state index in [2.05, 4.69) is 0 Å². The number of allylic oxidation sites excluding steroid dienone is 4. The lowest BCUT2D eigenvalue weighted by Crippen LogP contribution is -2.58. The van der Waals surface area contributed by atoms with Gasteiger partial charge in [0.1, 0.15) is 5.75 Å². The highest BCUT2D eigenvalue weighted by Gasteiger charge is 2.66. The molecule has 6 nitrogen and oxygen atoms in total. The number of anilines is 1. The summed E-state index contributed by atoms with van der Waals surface area (Å²) >= 11 is 6.59. The number of hydrogen-bond donors (Lipinski definition) is 1. The van der Waals surface area contributed by atoms with Crippen LogP contribution in [0.25, 0.3) is 5.57 Å². The van der Waals surface area contributed by atoms with Crippen LogP contribution in [0.1, 0.15) is 47.9 Å². The third-order valence-corrected chi connectivity index (χ3v) is 11.5. The lowest BCUT2D eigenvalue weighted by Gasteiger charge is -2.55. The molecule has 0 spiro atoms. The number of aryl methyl sites for hydroxylation is 1. The molecule has 4 aromatic rings. The van der Waals surface area contributed by atoms with Gasteiger partial charge in [-0.15, -0.1) is 0 Å². The van der Waals surface area contributed by atoms with Gasteiger partial charge in [0.2, 0.25) is 11.8 Å². The molecule has 4 aliphatic rings. The summed E-state index contributed by atoms with van der Waals surface area (Å²) in [6, 6.07) is 30.7. The summed E-state index contributed by atoms with van der Waals surface area (Å²) < 4.78 is 0. The van der Waals surface area contributed by atoms with E-state index in [4.69, 9.17) is 11.6 Å². The van der Waals surface area contributed by atoms with Gasteiger partial charge in [-0.1, -0.05) is 103 Å². The van der Waals surface area contributed by atoms with Crippen molar-refractivity contribution in [3.63, 3.8) is 0 Å². The number of amides is 2. The van der Waals surface area contributed by atoms with Crippen molar-refractivity contribution < 1.29 is 24.3 Å². The first-order valence-electron chi connectivity index (χ1n) is 16.8. The first-order valence-corrected chi connectivity index (χ1v) is 17.2. The number of rotatable bonds is 5. The summed E-state index contributed by atoms with van der Waals surface area (Å²) in [6.45, 7) is 2.05. The number of halogens is 1. The third kappa shape index (κ3) is 4.61. The smallest absolute Gasteiger partial charge is 0.238 e. The molecule has 0 aromatic heterocycles. The molecule has 7 heteroatoms. The third-order valence-electron chi connectivity index (χ3n) is 11.3. The molecule has 8 rings (SSSR count). The highest BCUT2D eigenvalue weighted by atomic mass is 35.5. The number of aromatic hydroxyl groups is 1. The van der Waals surface area contributed by atoms with Gasteiger partial charge >= 0.3 is 0 Å². The molecule has 3 aliphatic carbocycles. The van der Waals surface area contributed by atoms with E-state index in [0.717, 1.165) is 17.6 Å². The number of phenolic OH excluding ortho intramolecular Hbond substituents is 1. The molecule has 0 radical (unpaired) electrons. The maximum atomic E-state index is 15.1. The summed E-state index contributed by atoms with van der Waals surface area (Å²) in [6.07, 6.45) is 4.77. The highest BCUT2D eigenvalue weighted by Crippen LogP contribution is 2.64. The minimum atomic E-state index is -1.44. The fourth-order valence-electron chi connectivity index (χ4n) is 9.11. The van der Waals surface area contributed by atoms with E-state index in [1.165, 1.54) is 17.0 Å². The van der Waals surface area contributed by atoms with Crippen LogP contribution in [0.15, 0.2) is 121 Å². The maximum absolute atomic E-state index is 15.1. The SMILES string of the molecule is CCc1ccc(N2C(=O)C3CC=C4C(CC5C(=O)C(c6ccccc6)=CC(=O)C5(c5ccccc5)C4c4cc(Cl)ccc4O)C3C2=O)cc1. The van der Waals surface area contributed by atoms with Crippen molar-refractivity contribution in [1.82, 2.24) is 0 Å². The van der Waals surface area contributed by atoms with E-state index in [0.29, 0.717) is 39.4 Å². The zero-order valence-electron chi connectivity index (χ0n) is 26.9. The lowest BCUT2D eigenvalue weighted by atomic mass is 9.44. The highest BCUT2D eigenvalue weighted by molar-refractivity contribution is 6.32. The van der Waals surface area contributed by atoms with Gasteiger partial charge in [-0.3, -0.25) is 24.1 Å². The van der Waals surface area contributed by atoms with Crippen molar-refractivity contribution in [1.29, 1.82) is 0 Å². The second-order valence-corrected chi connectivity index (χ2v) is 14.0. The van der Waals surface area contributed by atoms with Crippen molar-refractivity contribution >= 4 is 46.2 Å². The Labute approximate surface area is 289 Å². The molecule has 49 heavy (non-hydrogen) atoms. The number of carbonyl (C=O) groups is 4. The predicted octanol–water partition coefficient (Wildman–Crippen LogP) is 7.64. The van der Waals surface area contributed by atoms with Crippen molar-refractivity contribution in [3.05, 3.63) is 148 Å². The van der Waals surface area contributed by atoms with Gasteiger partial charge in [-0.05, 0) is 78.3 Å².